The van der Waals surface area contributed by atoms with Crippen LogP contribution in [0.3, 0.4) is 0 Å². The van der Waals surface area contributed by atoms with Gasteiger partial charge in [-0.3, -0.25) is 4.99 Å². The second-order valence-corrected chi connectivity index (χ2v) is 6.56. The molecule has 2 aliphatic rings. The van der Waals surface area contributed by atoms with Crippen molar-refractivity contribution < 1.29 is 0 Å². The Hall–Kier alpha value is -1.67. The molecule has 0 amide bonds. The van der Waals surface area contributed by atoms with Crippen LogP contribution in [-0.4, -0.2) is 25.8 Å². The number of unbranched alkanes of at least 4 members (excludes halogenated alkanes) is 1. The van der Waals surface area contributed by atoms with E-state index in [1.54, 1.807) is 5.57 Å². The summed E-state index contributed by atoms with van der Waals surface area (Å²) in [5.74, 6) is 0. The van der Waals surface area contributed by atoms with E-state index in [0.717, 1.165) is 44.5 Å². The summed E-state index contributed by atoms with van der Waals surface area (Å²) < 4.78 is 0. The van der Waals surface area contributed by atoms with E-state index in [9.17, 15) is 0 Å². The molecule has 1 heterocycles. The fraction of sp³-hybridized carbons (Fsp3) is 0.500. The zero-order valence-corrected chi connectivity index (χ0v) is 15.6. The van der Waals surface area contributed by atoms with E-state index in [2.05, 4.69) is 60.6 Å². The first-order valence-corrected chi connectivity index (χ1v) is 9.31. The van der Waals surface area contributed by atoms with Crippen molar-refractivity contribution in [1.29, 1.82) is 0 Å². The van der Waals surface area contributed by atoms with Crippen LogP contribution in [0.1, 0.15) is 52.4 Å². The van der Waals surface area contributed by atoms with Crippen molar-refractivity contribution in [2.75, 3.05) is 20.1 Å². The van der Waals surface area contributed by atoms with Crippen LogP contribution < -0.4 is 5.32 Å². The minimum absolute atomic E-state index is 1.02. The second-order valence-electron chi connectivity index (χ2n) is 6.56. The first-order valence-electron chi connectivity index (χ1n) is 9.31. The molecule has 0 saturated carbocycles. The summed E-state index contributed by atoms with van der Waals surface area (Å²) in [4.78, 5) is 4.49. The Balaban J connectivity index is 1.92. The second kappa shape index (κ2) is 10.2. The predicted octanol–water partition coefficient (Wildman–Crippen LogP) is 5.32. The molecular formula is C22H32N2. The number of aliphatic imine (C=N–C) groups is 1. The Morgan fingerprint density at radius 2 is 2.17 bits per heavy atom. The number of allylic oxidation sites excluding steroid dienone is 7. The average Bonchev–Trinajstić information content (AvgIpc) is 2.61. The third-order valence-corrected chi connectivity index (χ3v) is 4.74. The van der Waals surface area contributed by atoms with Crippen LogP contribution in [0.2, 0.25) is 0 Å². The molecule has 130 valence electrons. The van der Waals surface area contributed by atoms with Gasteiger partial charge >= 0.3 is 0 Å². The number of hydrogen-bond acceptors (Lipinski definition) is 2. The van der Waals surface area contributed by atoms with Gasteiger partial charge in [0, 0.05) is 13.6 Å². The Bertz CT molecular complexity index is 597. The fourth-order valence-corrected chi connectivity index (χ4v) is 3.41. The maximum atomic E-state index is 4.49. The van der Waals surface area contributed by atoms with Crippen LogP contribution in [0.25, 0.3) is 0 Å². The first kappa shape index (κ1) is 18.7. The Kier molecular flexibility index (Phi) is 7.97. The summed E-state index contributed by atoms with van der Waals surface area (Å²) in [6.45, 7) is 6.49. The Morgan fingerprint density at radius 1 is 1.29 bits per heavy atom. The highest BCUT2D eigenvalue weighted by Crippen LogP contribution is 2.30. The van der Waals surface area contributed by atoms with Gasteiger partial charge < -0.3 is 5.32 Å². The molecule has 2 nitrogen and oxygen atoms in total. The summed E-state index contributed by atoms with van der Waals surface area (Å²) in [6, 6.07) is 0. The molecular weight excluding hydrogens is 292 g/mol. The van der Waals surface area contributed by atoms with Crippen LogP contribution in [0, 0.1) is 0 Å². The number of nitrogens with one attached hydrogen (secondary N) is 1. The summed E-state index contributed by atoms with van der Waals surface area (Å²) in [7, 11) is 1.90. The van der Waals surface area contributed by atoms with E-state index < -0.39 is 0 Å². The molecule has 0 spiro atoms. The van der Waals surface area contributed by atoms with Gasteiger partial charge in [-0.2, -0.15) is 0 Å². The molecule has 1 aliphatic carbocycles. The van der Waals surface area contributed by atoms with Crippen LogP contribution in [0.5, 0.6) is 0 Å². The molecule has 2 rings (SSSR count). The highest BCUT2D eigenvalue weighted by Gasteiger charge is 2.15. The van der Waals surface area contributed by atoms with E-state index in [0.29, 0.717) is 0 Å². The average molecular weight is 325 g/mol. The molecule has 0 saturated heterocycles. The summed E-state index contributed by atoms with van der Waals surface area (Å²) in [6.07, 6.45) is 20.6. The van der Waals surface area contributed by atoms with Crippen LogP contribution in [-0.2, 0) is 0 Å². The highest BCUT2D eigenvalue weighted by atomic mass is 14.9. The highest BCUT2D eigenvalue weighted by molar-refractivity contribution is 6.11. The van der Waals surface area contributed by atoms with E-state index >= 15 is 0 Å². The molecule has 24 heavy (non-hydrogen) atoms. The zero-order valence-electron chi connectivity index (χ0n) is 15.6. The van der Waals surface area contributed by atoms with Gasteiger partial charge in [-0.05, 0) is 81.7 Å². The monoisotopic (exact) mass is 324 g/mol. The first-order chi connectivity index (χ1) is 11.8. The van der Waals surface area contributed by atoms with Crippen molar-refractivity contribution in [2.24, 2.45) is 4.99 Å². The summed E-state index contributed by atoms with van der Waals surface area (Å²) >= 11 is 0. The van der Waals surface area contributed by atoms with Gasteiger partial charge in [0.15, 0.2) is 0 Å². The van der Waals surface area contributed by atoms with Crippen LogP contribution >= 0.6 is 0 Å². The van der Waals surface area contributed by atoms with Crippen molar-refractivity contribution in [2.45, 2.75) is 52.4 Å². The normalized spacial score (nSPS) is 20.0. The molecule has 0 bridgehead atoms. The molecule has 1 aliphatic heterocycles. The van der Waals surface area contributed by atoms with Gasteiger partial charge in [-0.15, -0.1) is 0 Å². The third-order valence-electron chi connectivity index (χ3n) is 4.74. The van der Waals surface area contributed by atoms with Crippen molar-refractivity contribution >= 4 is 5.71 Å². The molecule has 0 fully saturated rings. The standard InChI is InChI=1S/C22H32N2/c1-4-10-22(23-3)21-15-8-11-18(2)20(21)14-7-5-6-12-19-13-9-16-24-17-19/h4,6,10,12-13,15,24H,5,7-9,11,14,16-17H2,1-3H3/b10-4-,12-6-,23-22+. The largest absolute Gasteiger partial charge is 0.312 e. The summed E-state index contributed by atoms with van der Waals surface area (Å²) in [5.41, 5.74) is 6.99. The topological polar surface area (TPSA) is 24.4 Å². The quantitative estimate of drug-likeness (QED) is 0.497. The maximum Gasteiger partial charge on any atom is 0.0639 e. The molecule has 0 atom stereocenters. The molecule has 0 aromatic carbocycles. The minimum atomic E-state index is 1.02. The number of nitrogens with zero attached hydrogens (tertiary/aromatic N) is 1. The zero-order chi connectivity index (χ0) is 17.2. The SMILES string of the molecule is C/C=C\C(=N/C)C1=CCCC(C)=C1CCC/C=C\C1=CCCNC1. The Labute approximate surface area is 147 Å². The van der Waals surface area contributed by atoms with Crippen LogP contribution in [0.15, 0.2) is 63.7 Å². The lowest BCUT2D eigenvalue weighted by Gasteiger charge is -2.20. The van der Waals surface area contributed by atoms with E-state index in [4.69, 9.17) is 0 Å². The van der Waals surface area contributed by atoms with Gasteiger partial charge in [0.2, 0.25) is 0 Å². The van der Waals surface area contributed by atoms with Crippen LogP contribution in [0.4, 0.5) is 0 Å². The number of hydrogen-bond donors (Lipinski definition) is 1. The van der Waals surface area contributed by atoms with Crippen molar-refractivity contribution in [1.82, 2.24) is 5.32 Å². The molecule has 0 unspecified atom stereocenters. The van der Waals surface area contributed by atoms with E-state index in [1.165, 1.54) is 29.6 Å². The minimum Gasteiger partial charge on any atom is -0.312 e. The third kappa shape index (κ3) is 5.45. The van der Waals surface area contributed by atoms with Crippen molar-refractivity contribution in [3.05, 3.63) is 58.7 Å². The summed E-state index contributed by atoms with van der Waals surface area (Å²) in [5, 5.41) is 3.42. The van der Waals surface area contributed by atoms with Gasteiger partial charge in [0.1, 0.15) is 0 Å². The smallest absolute Gasteiger partial charge is 0.0639 e. The lowest BCUT2D eigenvalue weighted by Crippen LogP contribution is -2.21. The van der Waals surface area contributed by atoms with Gasteiger partial charge in [-0.25, -0.2) is 0 Å². The van der Waals surface area contributed by atoms with Gasteiger partial charge in [0.25, 0.3) is 0 Å². The van der Waals surface area contributed by atoms with Gasteiger partial charge in [-0.1, -0.05) is 36.0 Å². The lowest BCUT2D eigenvalue weighted by molar-refractivity contribution is 0.711. The van der Waals surface area contributed by atoms with Gasteiger partial charge in [0.05, 0.1) is 5.71 Å². The lowest BCUT2D eigenvalue weighted by atomic mass is 9.85. The fourth-order valence-electron chi connectivity index (χ4n) is 3.41. The maximum absolute atomic E-state index is 4.49. The number of rotatable bonds is 7. The molecule has 2 heteroatoms. The predicted molar refractivity (Wildman–Crippen MR) is 107 cm³/mol. The molecule has 1 N–H and O–H groups in total. The molecule has 0 radical (unpaired) electrons. The Morgan fingerprint density at radius 3 is 2.88 bits per heavy atom. The molecule has 0 aromatic heterocycles. The molecule has 0 aromatic rings. The van der Waals surface area contributed by atoms with E-state index in [-0.39, 0.29) is 0 Å². The van der Waals surface area contributed by atoms with Crippen molar-refractivity contribution in [3.63, 3.8) is 0 Å². The van der Waals surface area contributed by atoms with E-state index in [1.807, 2.05) is 7.05 Å². The van der Waals surface area contributed by atoms with Crippen molar-refractivity contribution in [3.8, 4) is 0 Å².